The smallest absolute Gasteiger partial charge is 0.273 e. The van der Waals surface area contributed by atoms with Crippen LogP contribution in [-0.2, 0) is 9.59 Å². The lowest BCUT2D eigenvalue weighted by atomic mass is 10.1. The quantitative estimate of drug-likeness (QED) is 0.470. The number of benzene rings is 1. The molecule has 0 N–H and O–H groups in total. The summed E-state index contributed by atoms with van der Waals surface area (Å²) in [4.78, 5) is 34.8. The molecule has 0 unspecified atom stereocenters. The number of amides is 2. The Balaban J connectivity index is 2.46. The summed E-state index contributed by atoms with van der Waals surface area (Å²) in [5.41, 5.74) is 0.0975. The second kappa shape index (κ2) is 5.05. The van der Waals surface area contributed by atoms with Crippen LogP contribution in [-0.4, -0.2) is 23.8 Å². The highest BCUT2D eigenvalue weighted by Gasteiger charge is 2.30. The maximum atomic E-state index is 11.8. The molecule has 0 bridgehead atoms. The molecule has 2 rings (SSSR count). The number of anilines is 1. The molecule has 1 heterocycles. The topological polar surface area (TPSA) is 89.8 Å². The number of methoxy groups -OCH3 is 1. The van der Waals surface area contributed by atoms with Crippen LogP contribution in [0.3, 0.4) is 0 Å². The van der Waals surface area contributed by atoms with Crippen molar-refractivity contribution in [1.29, 1.82) is 0 Å². The standard InChI is InChI=1S/C12H12N2O5/c1-19-10-7-8(14(17)18)5-6-9(10)13-11(15)3-2-4-12(13)16/h5-7H,2-4H2,1H3. The van der Waals surface area contributed by atoms with Crippen LogP contribution >= 0.6 is 0 Å². The molecule has 1 aliphatic rings. The zero-order valence-corrected chi connectivity index (χ0v) is 10.3. The number of nitrogens with zero attached hydrogens (tertiary/aromatic N) is 2. The van der Waals surface area contributed by atoms with Gasteiger partial charge >= 0.3 is 0 Å². The number of carbonyl (C=O) groups is 2. The first-order valence-corrected chi connectivity index (χ1v) is 5.73. The highest BCUT2D eigenvalue weighted by molar-refractivity contribution is 6.17. The highest BCUT2D eigenvalue weighted by atomic mass is 16.6. The number of piperidine rings is 1. The zero-order valence-electron chi connectivity index (χ0n) is 10.3. The van der Waals surface area contributed by atoms with Gasteiger partial charge in [-0.15, -0.1) is 0 Å². The molecule has 0 atom stereocenters. The minimum Gasteiger partial charge on any atom is -0.494 e. The SMILES string of the molecule is COc1cc([N+](=O)[O-])ccc1N1C(=O)CCCC1=O. The van der Waals surface area contributed by atoms with Crippen LogP contribution < -0.4 is 9.64 Å². The molecule has 7 heteroatoms. The van der Waals surface area contributed by atoms with Gasteiger partial charge in [-0.25, -0.2) is 4.90 Å². The Labute approximate surface area is 108 Å². The van der Waals surface area contributed by atoms with Crippen molar-refractivity contribution in [3.63, 3.8) is 0 Å². The predicted molar refractivity (Wildman–Crippen MR) is 66.0 cm³/mol. The summed E-state index contributed by atoms with van der Waals surface area (Å²) < 4.78 is 5.04. The fraction of sp³-hybridized carbons (Fsp3) is 0.333. The average molecular weight is 264 g/mol. The lowest BCUT2D eigenvalue weighted by Crippen LogP contribution is -2.40. The van der Waals surface area contributed by atoms with E-state index >= 15 is 0 Å². The van der Waals surface area contributed by atoms with Crippen molar-refractivity contribution in [2.24, 2.45) is 0 Å². The summed E-state index contributed by atoms with van der Waals surface area (Å²) in [6.07, 6.45) is 1.10. The largest absolute Gasteiger partial charge is 0.494 e. The van der Waals surface area contributed by atoms with Crippen LogP contribution in [0.2, 0.25) is 0 Å². The van der Waals surface area contributed by atoms with Gasteiger partial charge in [-0.05, 0) is 12.5 Å². The molecule has 19 heavy (non-hydrogen) atoms. The second-order valence-corrected chi connectivity index (χ2v) is 4.09. The number of carbonyl (C=O) groups excluding carboxylic acids is 2. The average Bonchev–Trinajstić information content (AvgIpc) is 2.38. The summed E-state index contributed by atoms with van der Waals surface area (Å²) in [7, 11) is 1.33. The van der Waals surface area contributed by atoms with Crippen LogP contribution in [0, 0.1) is 10.1 Å². The van der Waals surface area contributed by atoms with E-state index in [1.54, 1.807) is 0 Å². The summed E-state index contributed by atoms with van der Waals surface area (Å²) >= 11 is 0. The molecule has 0 radical (unpaired) electrons. The first kappa shape index (κ1) is 13.0. The van der Waals surface area contributed by atoms with Crippen LogP contribution in [0.1, 0.15) is 19.3 Å². The van der Waals surface area contributed by atoms with Gasteiger partial charge in [-0.3, -0.25) is 19.7 Å². The summed E-state index contributed by atoms with van der Waals surface area (Å²) in [6, 6.07) is 3.80. The molecule has 2 amide bonds. The van der Waals surface area contributed by atoms with Crippen molar-refractivity contribution in [2.45, 2.75) is 19.3 Å². The van der Waals surface area contributed by atoms with Gasteiger partial charge in [0, 0.05) is 18.9 Å². The minimum absolute atomic E-state index is 0.137. The zero-order chi connectivity index (χ0) is 14.0. The van der Waals surface area contributed by atoms with Crippen molar-refractivity contribution in [3.8, 4) is 5.75 Å². The van der Waals surface area contributed by atoms with Gasteiger partial charge in [0.05, 0.1) is 23.8 Å². The fourth-order valence-electron chi connectivity index (χ4n) is 1.99. The monoisotopic (exact) mass is 264 g/mol. The molecular formula is C12H12N2O5. The van der Waals surface area contributed by atoms with Crippen molar-refractivity contribution in [2.75, 3.05) is 12.0 Å². The van der Waals surface area contributed by atoms with Crippen molar-refractivity contribution < 1.29 is 19.2 Å². The van der Waals surface area contributed by atoms with Crippen LogP contribution in [0.25, 0.3) is 0 Å². The number of nitro benzene ring substituents is 1. The molecule has 1 saturated heterocycles. The second-order valence-electron chi connectivity index (χ2n) is 4.09. The van der Waals surface area contributed by atoms with E-state index in [0.29, 0.717) is 6.42 Å². The first-order valence-electron chi connectivity index (χ1n) is 5.73. The van der Waals surface area contributed by atoms with E-state index in [1.807, 2.05) is 0 Å². The molecule has 1 aromatic carbocycles. The Kier molecular flexibility index (Phi) is 3.46. The number of imide groups is 1. The van der Waals surface area contributed by atoms with Crippen LogP contribution in [0.4, 0.5) is 11.4 Å². The molecule has 1 aromatic rings. The molecule has 0 aromatic heterocycles. The Hall–Kier alpha value is -2.44. The van der Waals surface area contributed by atoms with Crippen molar-refractivity contribution in [3.05, 3.63) is 28.3 Å². The third-order valence-electron chi connectivity index (χ3n) is 2.90. The number of ether oxygens (including phenoxy) is 1. The molecule has 7 nitrogen and oxygen atoms in total. The van der Waals surface area contributed by atoms with Gasteiger partial charge in [-0.1, -0.05) is 0 Å². The van der Waals surface area contributed by atoms with E-state index in [4.69, 9.17) is 4.74 Å². The number of non-ortho nitro benzene ring substituents is 1. The number of nitro groups is 1. The number of rotatable bonds is 3. The normalized spacial score (nSPS) is 15.5. The third-order valence-corrected chi connectivity index (χ3v) is 2.90. The van der Waals surface area contributed by atoms with Crippen LogP contribution in [0.5, 0.6) is 5.75 Å². The molecule has 1 fully saturated rings. The fourth-order valence-corrected chi connectivity index (χ4v) is 1.99. The molecule has 100 valence electrons. The molecule has 0 spiro atoms. The van der Waals surface area contributed by atoms with E-state index < -0.39 is 4.92 Å². The van der Waals surface area contributed by atoms with Gasteiger partial charge in [0.1, 0.15) is 5.75 Å². The number of hydrogen-bond donors (Lipinski definition) is 0. The molecule has 0 aliphatic carbocycles. The van der Waals surface area contributed by atoms with Gasteiger partial charge in [0.25, 0.3) is 5.69 Å². The lowest BCUT2D eigenvalue weighted by molar-refractivity contribution is -0.384. The Morgan fingerprint density at radius 1 is 1.26 bits per heavy atom. The number of hydrogen-bond acceptors (Lipinski definition) is 5. The Morgan fingerprint density at radius 2 is 1.89 bits per heavy atom. The van der Waals surface area contributed by atoms with Crippen molar-refractivity contribution >= 4 is 23.2 Å². The van der Waals surface area contributed by atoms with Crippen LogP contribution in [0.15, 0.2) is 18.2 Å². The Bertz CT molecular complexity index is 539. The molecule has 1 aliphatic heterocycles. The van der Waals surface area contributed by atoms with E-state index in [0.717, 1.165) is 4.90 Å². The first-order chi connectivity index (χ1) is 9.04. The van der Waals surface area contributed by atoms with Gasteiger partial charge in [-0.2, -0.15) is 0 Å². The summed E-state index contributed by atoms with van der Waals surface area (Å²) in [5.74, 6) is -0.496. The van der Waals surface area contributed by atoms with Gasteiger partial charge < -0.3 is 4.74 Å². The summed E-state index contributed by atoms with van der Waals surface area (Å²) in [6.45, 7) is 0. The van der Waals surface area contributed by atoms with Gasteiger partial charge in [0.2, 0.25) is 11.8 Å². The maximum Gasteiger partial charge on any atom is 0.273 e. The Morgan fingerprint density at radius 3 is 2.42 bits per heavy atom. The molecule has 0 saturated carbocycles. The van der Waals surface area contributed by atoms with Crippen molar-refractivity contribution in [1.82, 2.24) is 0 Å². The van der Waals surface area contributed by atoms with E-state index in [-0.39, 0.29) is 41.8 Å². The van der Waals surface area contributed by atoms with E-state index in [1.165, 1.54) is 25.3 Å². The maximum absolute atomic E-state index is 11.8. The van der Waals surface area contributed by atoms with Gasteiger partial charge in [0.15, 0.2) is 0 Å². The highest BCUT2D eigenvalue weighted by Crippen LogP contribution is 2.34. The molecular weight excluding hydrogens is 252 g/mol. The van der Waals surface area contributed by atoms with E-state index in [9.17, 15) is 19.7 Å². The predicted octanol–water partition coefficient (Wildman–Crippen LogP) is 1.65. The van der Waals surface area contributed by atoms with E-state index in [2.05, 4.69) is 0 Å². The summed E-state index contributed by atoms with van der Waals surface area (Å²) in [5, 5.41) is 10.7. The third kappa shape index (κ3) is 2.40. The lowest BCUT2D eigenvalue weighted by Gasteiger charge is -2.26. The minimum atomic E-state index is -0.563.